The molecule has 0 radical (unpaired) electrons. The van der Waals surface area contributed by atoms with Crippen LogP contribution in [0.3, 0.4) is 0 Å². The Morgan fingerprint density at radius 1 is 1.17 bits per heavy atom. The largest absolute Gasteiger partial charge is 0.379 e. The SMILES string of the molecule is NC(=O)C1CCC(n2c(Nc3c(F)cc(F)cc3Cl)nc3cnc(NC4CCCOC4)nc32)CC1. The highest BCUT2D eigenvalue weighted by Gasteiger charge is 2.29. The number of halogens is 3. The molecular formula is C23H26ClF2N7O2. The van der Waals surface area contributed by atoms with E-state index < -0.39 is 11.6 Å². The first kappa shape index (κ1) is 23.7. The number of carbonyl (C=O) groups is 1. The van der Waals surface area contributed by atoms with Crippen LogP contribution in [0.1, 0.15) is 44.6 Å². The number of fused-ring (bicyclic) bond motifs is 1. The molecule has 1 aliphatic carbocycles. The molecule has 9 nitrogen and oxygen atoms in total. The number of hydrogen-bond donors (Lipinski definition) is 3. The first-order valence-electron chi connectivity index (χ1n) is 11.7. The third kappa shape index (κ3) is 5.01. The lowest BCUT2D eigenvalue weighted by Crippen LogP contribution is -2.31. The van der Waals surface area contributed by atoms with Crippen molar-refractivity contribution in [3.05, 3.63) is 35.0 Å². The van der Waals surface area contributed by atoms with E-state index in [9.17, 15) is 13.6 Å². The standard InChI is InChI=1S/C23H26ClF2N7O2/c24-16-8-13(25)9-17(26)19(16)31-23-30-18-10-28-22(29-14-2-1-7-35-11-14)32-21(18)33(23)15-5-3-12(4-6-15)20(27)34/h8-10,12,14-15H,1-7,11H2,(H2,27,34)(H,30,31)(H,28,29,32). The summed E-state index contributed by atoms with van der Waals surface area (Å²) in [6.45, 7) is 1.32. The van der Waals surface area contributed by atoms with E-state index in [2.05, 4.69) is 20.6 Å². The van der Waals surface area contributed by atoms with E-state index in [4.69, 9.17) is 27.1 Å². The van der Waals surface area contributed by atoms with Gasteiger partial charge in [0.05, 0.1) is 29.6 Å². The number of nitrogens with two attached hydrogens (primary N) is 1. The molecule has 186 valence electrons. The number of anilines is 3. The Labute approximate surface area is 205 Å². The summed E-state index contributed by atoms with van der Waals surface area (Å²) < 4.78 is 35.6. The van der Waals surface area contributed by atoms with Crippen molar-refractivity contribution in [2.75, 3.05) is 23.8 Å². The van der Waals surface area contributed by atoms with Gasteiger partial charge in [0.2, 0.25) is 17.8 Å². The van der Waals surface area contributed by atoms with Crippen LogP contribution in [0.5, 0.6) is 0 Å². The molecule has 2 fully saturated rings. The van der Waals surface area contributed by atoms with E-state index in [0.717, 1.165) is 31.6 Å². The molecule has 3 heterocycles. The van der Waals surface area contributed by atoms with Gasteiger partial charge < -0.3 is 21.1 Å². The quantitative estimate of drug-likeness (QED) is 0.456. The van der Waals surface area contributed by atoms with Gasteiger partial charge in [0.1, 0.15) is 11.3 Å². The number of hydrogen-bond acceptors (Lipinski definition) is 7. The summed E-state index contributed by atoms with van der Waals surface area (Å²) in [5.74, 6) is -1.35. The van der Waals surface area contributed by atoms with Crippen molar-refractivity contribution in [3.8, 4) is 0 Å². The topological polar surface area (TPSA) is 120 Å². The fourth-order valence-electron chi connectivity index (χ4n) is 4.82. The van der Waals surface area contributed by atoms with E-state index in [0.29, 0.717) is 55.4 Å². The Morgan fingerprint density at radius 3 is 2.66 bits per heavy atom. The van der Waals surface area contributed by atoms with Crippen LogP contribution in [0.2, 0.25) is 5.02 Å². The predicted octanol–water partition coefficient (Wildman–Crippen LogP) is 4.31. The van der Waals surface area contributed by atoms with Crippen LogP contribution in [0, 0.1) is 17.6 Å². The molecule has 5 rings (SSSR count). The van der Waals surface area contributed by atoms with Crippen LogP contribution in [-0.2, 0) is 9.53 Å². The molecule has 1 aromatic carbocycles. The fraction of sp³-hybridized carbons (Fsp3) is 0.478. The Balaban J connectivity index is 1.52. The zero-order valence-corrected chi connectivity index (χ0v) is 19.7. The third-order valence-corrected chi connectivity index (χ3v) is 6.93. The average Bonchev–Trinajstić information content (AvgIpc) is 3.19. The monoisotopic (exact) mass is 505 g/mol. The second-order valence-corrected chi connectivity index (χ2v) is 9.45. The molecule has 1 saturated heterocycles. The number of primary amides is 1. The maximum absolute atomic E-state index is 14.6. The number of nitrogens with zero attached hydrogens (tertiary/aromatic N) is 4. The Kier molecular flexibility index (Phi) is 6.70. The molecule has 12 heteroatoms. The molecule has 1 amide bonds. The van der Waals surface area contributed by atoms with Crippen molar-refractivity contribution >= 4 is 46.3 Å². The smallest absolute Gasteiger partial charge is 0.225 e. The van der Waals surface area contributed by atoms with Crippen molar-refractivity contribution in [3.63, 3.8) is 0 Å². The Bertz CT molecular complexity index is 1220. The number of ether oxygens (including phenoxy) is 1. The minimum Gasteiger partial charge on any atom is -0.379 e. The minimum atomic E-state index is -0.836. The number of nitrogens with one attached hydrogen (secondary N) is 2. The van der Waals surface area contributed by atoms with Crippen molar-refractivity contribution in [1.82, 2.24) is 19.5 Å². The Morgan fingerprint density at radius 2 is 1.97 bits per heavy atom. The van der Waals surface area contributed by atoms with Gasteiger partial charge in [-0.3, -0.25) is 9.36 Å². The van der Waals surface area contributed by atoms with Crippen molar-refractivity contribution in [1.29, 1.82) is 0 Å². The van der Waals surface area contributed by atoms with Crippen LogP contribution in [-0.4, -0.2) is 44.7 Å². The fourth-order valence-corrected chi connectivity index (χ4v) is 5.07. The summed E-state index contributed by atoms with van der Waals surface area (Å²) in [6.07, 6.45) is 6.09. The lowest BCUT2D eigenvalue weighted by molar-refractivity contribution is -0.122. The molecule has 3 aromatic rings. The molecule has 35 heavy (non-hydrogen) atoms. The lowest BCUT2D eigenvalue weighted by atomic mass is 9.85. The van der Waals surface area contributed by atoms with Crippen LogP contribution >= 0.6 is 11.6 Å². The summed E-state index contributed by atoms with van der Waals surface area (Å²) >= 11 is 6.13. The van der Waals surface area contributed by atoms with Gasteiger partial charge in [-0.2, -0.15) is 4.98 Å². The zero-order chi connectivity index (χ0) is 24.5. The normalized spacial score (nSPS) is 22.8. The number of rotatable bonds is 6. The zero-order valence-electron chi connectivity index (χ0n) is 18.9. The highest BCUT2D eigenvalue weighted by molar-refractivity contribution is 6.33. The maximum Gasteiger partial charge on any atom is 0.225 e. The average molecular weight is 506 g/mol. The second kappa shape index (κ2) is 9.90. The van der Waals surface area contributed by atoms with Crippen LogP contribution < -0.4 is 16.4 Å². The van der Waals surface area contributed by atoms with Gasteiger partial charge >= 0.3 is 0 Å². The van der Waals surface area contributed by atoms with Gasteiger partial charge in [-0.15, -0.1) is 0 Å². The van der Waals surface area contributed by atoms with Crippen molar-refractivity contribution in [2.45, 2.75) is 50.6 Å². The number of imidazole rings is 1. The van der Waals surface area contributed by atoms with Gasteiger partial charge in [0, 0.05) is 24.6 Å². The van der Waals surface area contributed by atoms with Crippen LogP contribution in [0.15, 0.2) is 18.3 Å². The predicted molar refractivity (Wildman–Crippen MR) is 128 cm³/mol. The molecule has 0 spiro atoms. The minimum absolute atomic E-state index is 0.0684. The molecule has 1 unspecified atom stereocenters. The van der Waals surface area contributed by atoms with E-state index in [1.54, 1.807) is 6.20 Å². The number of carbonyl (C=O) groups excluding carboxylic acids is 1. The molecule has 2 aromatic heterocycles. The highest BCUT2D eigenvalue weighted by Crippen LogP contribution is 2.38. The summed E-state index contributed by atoms with van der Waals surface area (Å²) in [5, 5.41) is 6.14. The van der Waals surface area contributed by atoms with Crippen molar-refractivity contribution < 1.29 is 18.3 Å². The van der Waals surface area contributed by atoms with E-state index in [1.165, 1.54) is 0 Å². The van der Waals surface area contributed by atoms with Gasteiger partial charge in [0.15, 0.2) is 11.5 Å². The summed E-state index contributed by atoms with van der Waals surface area (Å²) in [5.41, 5.74) is 6.50. The maximum atomic E-state index is 14.6. The number of amides is 1. The molecule has 4 N–H and O–H groups in total. The molecule has 1 atom stereocenters. The first-order valence-corrected chi connectivity index (χ1v) is 12.1. The van der Waals surface area contributed by atoms with E-state index >= 15 is 0 Å². The molecule has 1 saturated carbocycles. The third-order valence-electron chi connectivity index (χ3n) is 6.63. The van der Waals surface area contributed by atoms with Crippen molar-refractivity contribution in [2.24, 2.45) is 11.7 Å². The van der Waals surface area contributed by atoms with Gasteiger partial charge in [0.25, 0.3) is 0 Å². The molecule has 0 bridgehead atoms. The van der Waals surface area contributed by atoms with Gasteiger partial charge in [-0.25, -0.2) is 18.7 Å². The first-order chi connectivity index (χ1) is 16.9. The number of benzene rings is 1. The summed E-state index contributed by atoms with van der Waals surface area (Å²) in [7, 11) is 0. The Hall–Kier alpha value is -3.05. The van der Waals surface area contributed by atoms with Gasteiger partial charge in [-0.1, -0.05) is 11.6 Å². The molecular weight excluding hydrogens is 480 g/mol. The summed E-state index contributed by atoms with van der Waals surface area (Å²) in [4.78, 5) is 25.4. The molecule has 1 aliphatic heterocycles. The van der Waals surface area contributed by atoms with Crippen LogP contribution in [0.4, 0.5) is 26.4 Å². The molecule has 2 aliphatic rings. The lowest BCUT2D eigenvalue weighted by Gasteiger charge is -2.29. The summed E-state index contributed by atoms with van der Waals surface area (Å²) in [6, 6.07) is 1.83. The van der Waals surface area contributed by atoms with E-state index in [1.807, 2.05) is 4.57 Å². The second-order valence-electron chi connectivity index (χ2n) is 9.04. The van der Waals surface area contributed by atoms with Gasteiger partial charge in [-0.05, 0) is 44.6 Å². The van der Waals surface area contributed by atoms with E-state index in [-0.39, 0.29) is 34.6 Å². The highest BCUT2D eigenvalue weighted by atomic mass is 35.5. The van der Waals surface area contributed by atoms with Crippen LogP contribution in [0.25, 0.3) is 11.2 Å². The number of aromatic nitrogens is 4.